The van der Waals surface area contributed by atoms with E-state index in [0.717, 1.165) is 45.3 Å². The van der Waals surface area contributed by atoms with E-state index >= 15 is 0 Å². The third kappa shape index (κ3) is 4.63. The Kier molecular flexibility index (Phi) is 4.56. The van der Waals surface area contributed by atoms with Gasteiger partial charge in [0.15, 0.2) is 0 Å². The Morgan fingerprint density at radius 3 is 2.87 bits per heavy atom. The Labute approximate surface area is 92.7 Å². The summed E-state index contributed by atoms with van der Waals surface area (Å²) < 4.78 is 0. The van der Waals surface area contributed by atoms with Crippen molar-refractivity contribution in [2.45, 2.75) is 45.6 Å². The first-order valence-corrected chi connectivity index (χ1v) is 5.85. The van der Waals surface area contributed by atoms with Gasteiger partial charge in [-0.25, -0.2) is 0 Å². The van der Waals surface area contributed by atoms with Crippen molar-refractivity contribution < 1.29 is 5.11 Å². The summed E-state index contributed by atoms with van der Waals surface area (Å²) >= 11 is 0. The Morgan fingerprint density at radius 1 is 1.53 bits per heavy atom. The lowest BCUT2D eigenvalue weighted by molar-refractivity contribution is 0.0689. The molecule has 86 valence electrons. The Balaban J connectivity index is 2.18. The van der Waals surface area contributed by atoms with E-state index < -0.39 is 0 Å². The average Bonchev–Trinajstić information content (AvgIpc) is 2.18. The Morgan fingerprint density at radius 2 is 2.27 bits per heavy atom. The minimum Gasteiger partial charge on any atom is -0.392 e. The van der Waals surface area contributed by atoms with E-state index in [4.69, 9.17) is 5.26 Å². The molecule has 0 spiro atoms. The van der Waals surface area contributed by atoms with Gasteiger partial charge in [0.05, 0.1) is 17.6 Å². The van der Waals surface area contributed by atoms with E-state index in [1.165, 1.54) is 0 Å². The van der Waals surface area contributed by atoms with Crippen molar-refractivity contribution in [1.29, 1.82) is 5.26 Å². The lowest BCUT2D eigenvalue weighted by Crippen LogP contribution is -2.38. The highest BCUT2D eigenvalue weighted by atomic mass is 16.3. The number of rotatable bonds is 4. The van der Waals surface area contributed by atoms with Crippen LogP contribution in [0.4, 0.5) is 0 Å². The second-order valence-corrected chi connectivity index (χ2v) is 5.20. The third-order valence-electron chi connectivity index (χ3n) is 3.06. The van der Waals surface area contributed by atoms with Crippen molar-refractivity contribution >= 4 is 0 Å². The number of likely N-dealkylation sites (tertiary alicyclic amines) is 1. The fraction of sp³-hybridized carbons (Fsp3) is 0.917. The molecule has 1 N–H and O–H groups in total. The number of aliphatic hydroxyl groups excluding tert-OH is 1. The molecule has 3 heteroatoms. The van der Waals surface area contributed by atoms with E-state index in [0.29, 0.717) is 0 Å². The molecule has 0 radical (unpaired) electrons. The standard InChI is InChI=1S/C12H22N2O/c1-12(2,10-13)6-4-8-14-7-3-5-11(15)9-14/h11,15H,3-9H2,1-2H3/t11-/m0/s1. The monoisotopic (exact) mass is 210 g/mol. The second-order valence-electron chi connectivity index (χ2n) is 5.20. The van der Waals surface area contributed by atoms with Crippen LogP contribution in [0.3, 0.4) is 0 Å². The van der Waals surface area contributed by atoms with Crippen LogP contribution in [-0.2, 0) is 0 Å². The fourth-order valence-electron chi connectivity index (χ4n) is 2.03. The number of nitrogens with zero attached hydrogens (tertiary/aromatic N) is 2. The predicted molar refractivity (Wildman–Crippen MR) is 60.3 cm³/mol. The molecule has 0 saturated carbocycles. The van der Waals surface area contributed by atoms with Gasteiger partial charge in [0.1, 0.15) is 0 Å². The van der Waals surface area contributed by atoms with Gasteiger partial charge >= 0.3 is 0 Å². The minimum absolute atomic E-state index is 0.136. The molecule has 1 aliphatic heterocycles. The summed E-state index contributed by atoms with van der Waals surface area (Å²) in [5.74, 6) is 0. The maximum atomic E-state index is 9.49. The van der Waals surface area contributed by atoms with Crippen molar-refractivity contribution in [3.63, 3.8) is 0 Å². The van der Waals surface area contributed by atoms with Gasteiger partial charge < -0.3 is 10.0 Å². The molecule has 1 heterocycles. The van der Waals surface area contributed by atoms with Crippen molar-refractivity contribution in [1.82, 2.24) is 4.90 Å². The maximum absolute atomic E-state index is 9.49. The molecule has 1 saturated heterocycles. The molecule has 0 aromatic carbocycles. The van der Waals surface area contributed by atoms with Crippen LogP contribution in [-0.4, -0.2) is 35.7 Å². The first kappa shape index (κ1) is 12.5. The quantitative estimate of drug-likeness (QED) is 0.769. The second kappa shape index (κ2) is 5.48. The smallest absolute Gasteiger partial charge is 0.0683 e. The largest absolute Gasteiger partial charge is 0.392 e. The molecule has 0 amide bonds. The van der Waals surface area contributed by atoms with Gasteiger partial charge in [-0.15, -0.1) is 0 Å². The normalized spacial score (nSPS) is 23.7. The molecule has 0 aromatic rings. The summed E-state index contributed by atoms with van der Waals surface area (Å²) in [5.41, 5.74) is -0.200. The van der Waals surface area contributed by atoms with Crippen LogP contribution >= 0.6 is 0 Å². The minimum atomic E-state index is -0.200. The SMILES string of the molecule is CC(C)(C#N)CCCN1CCC[C@H](O)C1. The Hall–Kier alpha value is -0.590. The lowest BCUT2D eigenvalue weighted by Gasteiger charge is -2.30. The summed E-state index contributed by atoms with van der Waals surface area (Å²) in [7, 11) is 0. The number of hydrogen-bond donors (Lipinski definition) is 1. The van der Waals surface area contributed by atoms with Crippen molar-refractivity contribution in [3.8, 4) is 6.07 Å². The molecule has 1 aliphatic rings. The van der Waals surface area contributed by atoms with Gasteiger partial charge in [-0.2, -0.15) is 5.26 Å². The highest BCUT2D eigenvalue weighted by Gasteiger charge is 2.19. The van der Waals surface area contributed by atoms with Crippen molar-refractivity contribution in [2.75, 3.05) is 19.6 Å². The summed E-state index contributed by atoms with van der Waals surface area (Å²) in [4.78, 5) is 2.31. The Bertz CT molecular complexity index is 232. The molecular formula is C12H22N2O. The number of aliphatic hydroxyl groups is 1. The van der Waals surface area contributed by atoms with E-state index in [2.05, 4.69) is 11.0 Å². The van der Waals surface area contributed by atoms with Crippen LogP contribution in [0.25, 0.3) is 0 Å². The van der Waals surface area contributed by atoms with E-state index in [1.807, 2.05) is 13.8 Å². The van der Waals surface area contributed by atoms with Crippen LogP contribution in [0.1, 0.15) is 39.5 Å². The highest BCUT2D eigenvalue weighted by Crippen LogP contribution is 2.21. The van der Waals surface area contributed by atoms with E-state index in [-0.39, 0.29) is 11.5 Å². The summed E-state index contributed by atoms with van der Waals surface area (Å²) in [6, 6.07) is 2.32. The summed E-state index contributed by atoms with van der Waals surface area (Å²) in [6.07, 6.45) is 3.90. The number of piperidine rings is 1. The average molecular weight is 210 g/mol. The maximum Gasteiger partial charge on any atom is 0.0683 e. The van der Waals surface area contributed by atoms with Gasteiger partial charge in [-0.3, -0.25) is 0 Å². The summed E-state index contributed by atoms with van der Waals surface area (Å²) in [5, 5.41) is 18.4. The van der Waals surface area contributed by atoms with Crippen LogP contribution in [0.15, 0.2) is 0 Å². The van der Waals surface area contributed by atoms with Crippen LogP contribution in [0.5, 0.6) is 0 Å². The molecule has 0 aliphatic carbocycles. The zero-order chi connectivity index (χ0) is 11.3. The predicted octanol–water partition coefficient (Wildman–Crippen LogP) is 1.77. The molecule has 15 heavy (non-hydrogen) atoms. The van der Waals surface area contributed by atoms with Crippen molar-refractivity contribution in [2.24, 2.45) is 5.41 Å². The molecule has 1 atom stereocenters. The fourth-order valence-corrected chi connectivity index (χ4v) is 2.03. The van der Waals surface area contributed by atoms with E-state index in [9.17, 15) is 5.11 Å². The molecule has 1 rings (SSSR count). The molecule has 0 bridgehead atoms. The number of β-amino-alcohol motifs (C(OH)–C–C–N with tert-alkyl or cyclic N) is 1. The van der Waals surface area contributed by atoms with Crippen LogP contribution < -0.4 is 0 Å². The lowest BCUT2D eigenvalue weighted by atomic mass is 9.89. The highest BCUT2D eigenvalue weighted by molar-refractivity contribution is 4.91. The number of nitriles is 1. The van der Waals surface area contributed by atoms with Gasteiger partial charge in [0, 0.05) is 6.54 Å². The first-order chi connectivity index (χ1) is 7.03. The van der Waals surface area contributed by atoms with E-state index in [1.54, 1.807) is 0 Å². The zero-order valence-corrected chi connectivity index (χ0v) is 9.87. The van der Waals surface area contributed by atoms with Crippen LogP contribution in [0, 0.1) is 16.7 Å². The van der Waals surface area contributed by atoms with Gasteiger partial charge in [-0.1, -0.05) is 0 Å². The molecule has 1 fully saturated rings. The molecule has 0 aromatic heterocycles. The third-order valence-corrected chi connectivity index (χ3v) is 3.06. The van der Waals surface area contributed by atoms with Gasteiger partial charge in [0.25, 0.3) is 0 Å². The molecule has 0 unspecified atom stereocenters. The topological polar surface area (TPSA) is 47.3 Å². The van der Waals surface area contributed by atoms with Crippen molar-refractivity contribution in [3.05, 3.63) is 0 Å². The first-order valence-electron chi connectivity index (χ1n) is 5.85. The summed E-state index contributed by atoms with van der Waals surface area (Å²) in [6.45, 7) is 6.90. The van der Waals surface area contributed by atoms with Gasteiger partial charge in [-0.05, 0) is 52.6 Å². The number of hydrogen-bond acceptors (Lipinski definition) is 3. The van der Waals surface area contributed by atoms with Crippen LogP contribution in [0.2, 0.25) is 0 Å². The van der Waals surface area contributed by atoms with Gasteiger partial charge in [0.2, 0.25) is 0 Å². The zero-order valence-electron chi connectivity index (χ0n) is 9.87. The molecule has 3 nitrogen and oxygen atoms in total. The molecular weight excluding hydrogens is 188 g/mol.